The molecule has 106 valence electrons. The van der Waals surface area contributed by atoms with E-state index >= 15 is 0 Å². The first-order chi connectivity index (χ1) is 8.90. The minimum absolute atomic E-state index is 0.0301. The Hall–Kier alpha value is -1.78. The predicted octanol–water partition coefficient (Wildman–Crippen LogP) is -0.326. The third-order valence-electron chi connectivity index (χ3n) is 1.92. The number of primary sulfonamides is 1. The van der Waals surface area contributed by atoms with E-state index in [0.717, 1.165) is 0 Å². The van der Waals surface area contributed by atoms with Gasteiger partial charge in [-0.2, -0.15) is 0 Å². The van der Waals surface area contributed by atoms with Gasteiger partial charge < -0.3 is 19.6 Å². The van der Waals surface area contributed by atoms with Crippen molar-refractivity contribution < 1.29 is 22.8 Å². The molecule has 0 bridgehead atoms. The molecule has 0 aliphatic heterocycles. The molecule has 0 spiro atoms. The second-order valence-corrected chi connectivity index (χ2v) is 5.14. The highest BCUT2D eigenvalue weighted by Gasteiger charge is 2.15. The number of pyridine rings is 1. The zero-order valence-electron chi connectivity index (χ0n) is 9.89. The summed E-state index contributed by atoms with van der Waals surface area (Å²) >= 11 is 0. The summed E-state index contributed by atoms with van der Waals surface area (Å²) in [6, 6.07) is 2.92. The van der Waals surface area contributed by atoms with Crippen molar-refractivity contribution in [3.05, 3.63) is 28.4 Å². The van der Waals surface area contributed by atoms with Crippen LogP contribution in [0.1, 0.15) is 0 Å². The molecular weight excluding hydrogens is 278 g/mol. The monoisotopic (exact) mass is 291 g/mol. The summed E-state index contributed by atoms with van der Waals surface area (Å²) < 4.78 is 31.3. The molecule has 10 heteroatoms. The van der Waals surface area contributed by atoms with E-state index in [0.29, 0.717) is 0 Å². The Morgan fingerprint density at radius 2 is 2.11 bits per heavy atom. The van der Waals surface area contributed by atoms with Crippen LogP contribution in [0.4, 0.5) is 5.82 Å². The van der Waals surface area contributed by atoms with E-state index in [1.807, 2.05) is 0 Å². The van der Waals surface area contributed by atoms with Crippen LogP contribution in [0.3, 0.4) is 0 Å². The number of hydrogen-bond acceptors (Lipinski definition) is 7. The minimum atomic E-state index is -3.55. The van der Waals surface area contributed by atoms with Gasteiger partial charge in [-0.1, -0.05) is 0 Å². The molecule has 0 unspecified atom stereocenters. The molecule has 0 atom stereocenters. The normalized spacial score (nSPS) is 11.2. The maximum absolute atomic E-state index is 10.6. The van der Waals surface area contributed by atoms with E-state index in [9.17, 15) is 18.5 Å². The molecular formula is C9H13N3O6S. The zero-order chi connectivity index (χ0) is 14.3. The van der Waals surface area contributed by atoms with Gasteiger partial charge in [-0.15, -0.1) is 0 Å². The highest BCUT2D eigenvalue weighted by Crippen LogP contribution is 2.22. The fraction of sp³-hybridized carbons (Fsp3) is 0.444. The van der Waals surface area contributed by atoms with Crippen molar-refractivity contribution in [2.24, 2.45) is 5.14 Å². The number of nitrogens with two attached hydrogens (primary N) is 1. The van der Waals surface area contributed by atoms with Crippen LogP contribution in [-0.2, 0) is 14.8 Å². The van der Waals surface area contributed by atoms with Crippen molar-refractivity contribution in [1.82, 2.24) is 4.98 Å². The van der Waals surface area contributed by atoms with E-state index < -0.39 is 14.9 Å². The molecule has 0 amide bonds. The van der Waals surface area contributed by atoms with E-state index in [1.54, 1.807) is 0 Å². The van der Waals surface area contributed by atoms with E-state index in [-0.39, 0.29) is 37.1 Å². The van der Waals surface area contributed by atoms with Gasteiger partial charge in [0, 0.05) is 0 Å². The molecule has 1 heterocycles. The van der Waals surface area contributed by atoms with E-state index in [4.69, 9.17) is 14.6 Å². The Morgan fingerprint density at radius 1 is 1.37 bits per heavy atom. The Balaban J connectivity index is 2.32. The van der Waals surface area contributed by atoms with Crippen molar-refractivity contribution >= 4 is 15.8 Å². The molecule has 1 rings (SSSR count). The van der Waals surface area contributed by atoms with Crippen molar-refractivity contribution in [3.63, 3.8) is 0 Å². The van der Waals surface area contributed by atoms with Crippen molar-refractivity contribution in [1.29, 1.82) is 0 Å². The number of rotatable bonds is 8. The van der Waals surface area contributed by atoms with Crippen LogP contribution >= 0.6 is 0 Å². The molecule has 0 aromatic carbocycles. The van der Waals surface area contributed by atoms with Gasteiger partial charge in [0.15, 0.2) is 0 Å². The first kappa shape index (κ1) is 15.3. The van der Waals surface area contributed by atoms with Gasteiger partial charge in [-0.25, -0.2) is 13.6 Å². The number of sulfonamides is 1. The van der Waals surface area contributed by atoms with E-state index in [2.05, 4.69) is 4.98 Å². The Morgan fingerprint density at radius 3 is 2.74 bits per heavy atom. The Kier molecular flexibility index (Phi) is 5.60. The lowest BCUT2D eigenvalue weighted by atomic mass is 10.4. The topological polar surface area (TPSA) is 135 Å². The molecule has 19 heavy (non-hydrogen) atoms. The third kappa shape index (κ3) is 6.08. The maximum Gasteiger partial charge on any atom is 0.406 e. The Labute approximate surface area is 109 Å². The largest absolute Gasteiger partial charge is 0.483 e. The smallest absolute Gasteiger partial charge is 0.406 e. The van der Waals surface area contributed by atoms with Gasteiger partial charge in [0.05, 0.1) is 19.0 Å². The second kappa shape index (κ2) is 6.97. The van der Waals surface area contributed by atoms with Crippen molar-refractivity contribution in [2.45, 2.75) is 0 Å². The van der Waals surface area contributed by atoms with Gasteiger partial charge in [-0.05, 0) is 22.0 Å². The zero-order valence-corrected chi connectivity index (χ0v) is 10.7. The van der Waals surface area contributed by atoms with E-state index in [1.165, 1.54) is 18.3 Å². The second-order valence-electron chi connectivity index (χ2n) is 3.41. The molecule has 2 N–H and O–H groups in total. The highest BCUT2D eigenvalue weighted by atomic mass is 32.2. The van der Waals surface area contributed by atoms with Crippen LogP contribution < -0.4 is 9.88 Å². The summed E-state index contributed by atoms with van der Waals surface area (Å²) in [5.74, 6) is -0.644. The van der Waals surface area contributed by atoms with Gasteiger partial charge >= 0.3 is 5.82 Å². The van der Waals surface area contributed by atoms with Gasteiger partial charge in [0.1, 0.15) is 12.8 Å². The van der Waals surface area contributed by atoms with Crippen molar-refractivity contribution in [2.75, 3.05) is 25.6 Å². The third-order valence-corrected chi connectivity index (χ3v) is 2.66. The van der Waals surface area contributed by atoms with Crippen LogP contribution in [0.15, 0.2) is 18.3 Å². The molecule has 0 saturated carbocycles. The van der Waals surface area contributed by atoms with Gasteiger partial charge in [0.25, 0.3) is 0 Å². The molecule has 1 aromatic rings. The van der Waals surface area contributed by atoms with Crippen LogP contribution in [0, 0.1) is 10.1 Å². The van der Waals surface area contributed by atoms with Gasteiger partial charge in [-0.3, -0.25) is 0 Å². The SMILES string of the molecule is NS(=O)(=O)CCOCCOc1cccnc1[N+](=O)[O-]. The molecule has 0 aliphatic carbocycles. The average molecular weight is 291 g/mol. The minimum Gasteiger partial charge on any atom is -0.483 e. The molecule has 1 aromatic heterocycles. The quantitative estimate of drug-likeness (QED) is 0.393. The fourth-order valence-corrected chi connectivity index (χ4v) is 1.47. The van der Waals surface area contributed by atoms with Gasteiger partial charge in [0.2, 0.25) is 15.8 Å². The predicted molar refractivity (Wildman–Crippen MR) is 65.2 cm³/mol. The van der Waals surface area contributed by atoms with Crippen LogP contribution in [0.25, 0.3) is 0 Å². The fourth-order valence-electron chi connectivity index (χ4n) is 1.12. The Bertz CT molecular complexity index is 533. The number of nitro groups is 1. The molecule has 9 nitrogen and oxygen atoms in total. The summed E-state index contributed by atoms with van der Waals surface area (Å²) in [6.07, 6.45) is 1.29. The summed E-state index contributed by atoms with van der Waals surface area (Å²) in [5, 5.41) is 15.4. The standard InChI is InChI=1S/C9H13N3O6S/c10-19(15,16)7-6-17-4-5-18-8-2-1-3-11-9(8)12(13)14/h1-3H,4-7H2,(H2,10,15,16). The molecule has 0 saturated heterocycles. The molecule has 0 radical (unpaired) electrons. The summed E-state index contributed by atoms with van der Waals surface area (Å²) in [7, 11) is -3.55. The van der Waals surface area contributed by atoms with Crippen LogP contribution in [0.2, 0.25) is 0 Å². The average Bonchev–Trinajstić information content (AvgIpc) is 2.32. The number of hydrogen-bond donors (Lipinski definition) is 1. The van der Waals surface area contributed by atoms with Crippen LogP contribution in [0.5, 0.6) is 5.75 Å². The number of nitrogens with zero attached hydrogens (tertiary/aromatic N) is 2. The lowest BCUT2D eigenvalue weighted by Crippen LogP contribution is -2.21. The first-order valence-electron chi connectivity index (χ1n) is 5.20. The molecule has 0 fully saturated rings. The lowest BCUT2D eigenvalue weighted by molar-refractivity contribution is -0.390. The highest BCUT2D eigenvalue weighted by molar-refractivity contribution is 7.89. The summed E-state index contributed by atoms with van der Waals surface area (Å²) in [5.41, 5.74) is 0. The number of ether oxygens (including phenoxy) is 2. The summed E-state index contributed by atoms with van der Waals surface area (Å²) in [4.78, 5) is 13.5. The first-order valence-corrected chi connectivity index (χ1v) is 6.92. The summed E-state index contributed by atoms with van der Waals surface area (Å²) in [6.45, 7) is 0.0655. The molecule has 0 aliphatic rings. The maximum atomic E-state index is 10.6. The lowest BCUT2D eigenvalue weighted by Gasteiger charge is -2.06. The number of aromatic nitrogens is 1. The van der Waals surface area contributed by atoms with Crippen molar-refractivity contribution in [3.8, 4) is 5.75 Å². The van der Waals surface area contributed by atoms with Crippen LogP contribution in [-0.4, -0.2) is 43.9 Å².